The van der Waals surface area contributed by atoms with Gasteiger partial charge in [0.1, 0.15) is 5.69 Å². The van der Waals surface area contributed by atoms with Crippen molar-refractivity contribution >= 4 is 0 Å². The molecule has 0 aromatic carbocycles. The minimum Gasteiger partial charge on any atom is -0.237 e. The highest BCUT2D eigenvalue weighted by atomic mass is 19.2. The molecule has 0 aliphatic rings. The first kappa shape index (κ1) is 10.2. The molecule has 1 aromatic heterocycles. The number of nitrogens with zero attached hydrogens (tertiary/aromatic N) is 2. The Labute approximate surface area is 76.6 Å². The van der Waals surface area contributed by atoms with Crippen molar-refractivity contribution in [3.05, 3.63) is 17.5 Å². The minimum atomic E-state index is -0.868. The van der Waals surface area contributed by atoms with Crippen LogP contribution < -0.4 is 0 Å². The standard InChI is InChI=1S/C9H14F2N2/c1-5-13-8(11)6(10)7(12-13)9(2,3)4/h5H2,1-4H3. The van der Waals surface area contributed by atoms with Gasteiger partial charge < -0.3 is 0 Å². The van der Waals surface area contributed by atoms with Crippen molar-refractivity contribution in [2.45, 2.75) is 39.7 Å². The Hall–Kier alpha value is -0.930. The number of halogens is 2. The molecule has 0 amide bonds. The molecule has 4 heteroatoms. The average Bonchev–Trinajstić information content (AvgIpc) is 2.28. The largest absolute Gasteiger partial charge is 0.247 e. The fraction of sp³-hybridized carbons (Fsp3) is 0.667. The van der Waals surface area contributed by atoms with Crippen molar-refractivity contribution in [2.24, 2.45) is 0 Å². The van der Waals surface area contributed by atoms with Crippen LogP contribution in [0.2, 0.25) is 0 Å². The third-order valence-corrected chi connectivity index (χ3v) is 1.85. The van der Waals surface area contributed by atoms with Gasteiger partial charge in [-0.2, -0.15) is 13.9 Å². The van der Waals surface area contributed by atoms with Crippen molar-refractivity contribution in [3.8, 4) is 0 Å². The second kappa shape index (κ2) is 3.09. The molecular weight excluding hydrogens is 174 g/mol. The molecule has 0 unspecified atom stereocenters. The summed E-state index contributed by atoms with van der Waals surface area (Å²) in [5, 5.41) is 3.87. The summed E-state index contributed by atoms with van der Waals surface area (Å²) in [6.07, 6.45) is 0. The van der Waals surface area contributed by atoms with Crippen molar-refractivity contribution < 1.29 is 8.78 Å². The fourth-order valence-corrected chi connectivity index (χ4v) is 1.11. The summed E-state index contributed by atoms with van der Waals surface area (Å²) < 4.78 is 27.4. The van der Waals surface area contributed by atoms with Crippen LogP contribution in [0.25, 0.3) is 0 Å². The molecule has 0 fully saturated rings. The summed E-state index contributed by atoms with van der Waals surface area (Å²) in [5.41, 5.74) is -0.266. The molecule has 2 nitrogen and oxygen atoms in total. The van der Waals surface area contributed by atoms with Crippen LogP contribution in [0.15, 0.2) is 0 Å². The van der Waals surface area contributed by atoms with Crippen LogP contribution >= 0.6 is 0 Å². The molecule has 0 aliphatic carbocycles. The van der Waals surface area contributed by atoms with Gasteiger partial charge in [0.05, 0.1) is 0 Å². The Bertz CT molecular complexity index is 310. The Kier molecular flexibility index (Phi) is 2.41. The number of hydrogen-bond acceptors (Lipinski definition) is 1. The highest BCUT2D eigenvalue weighted by Gasteiger charge is 2.26. The molecule has 1 rings (SSSR count). The lowest BCUT2D eigenvalue weighted by Gasteiger charge is -2.14. The van der Waals surface area contributed by atoms with Crippen molar-refractivity contribution in [2.75, 3.05) is 0 Å². The number of aromatic nitrogens is 2. The molecule has 0 N–H and O–H groups in total. The zero-order chi connectivity index (χ0) is 10.2. The molecule has 1 aromatic rings. The molecule has 74 valence electrons. The minimum absolute atomic E-state index is 0.187. The maximum Gasteiger partial charge on any atom is 0.247 e. The van der Waals surface area contributed by atoms with Gasteiger partial charge in [-0.05, 0) is 6.92 Å². The van der Waals surface area contributed by atoms with Gasteiger partial charge in [0, 0.05) is 12.0 Å². The van der Waals surface area contributed by atoms with Crippen molar-refractivity contribution in [1.82, 2.24) is 9.78 Å². The van der Waals surface area contributed by atoms with Gasteiger partial charge in [-0.1, -0.05) is 20.8 Å². The summed E-state index contributed by atoms with van der Waals surface area (Å²) >= 11 is 0. The SMILES string of the molecule is CCn1nc(C(C)(C)C)c(F)c1F. The lowest BCUT2D eigenvalue weighted by atomic mass is 9.92. The van der Waals surface area contributed by atoms with Gasteiger partial charge in [-0.25, -0.2) is 4.68 Å². The molecule has 0 spiro atoms. The Morgan fingerprint density at radius 1 is 1.31 bits per heavy atom. The zero-order valence-corrected chi connectivity index (χ0v) is 8.36. The molecule has 0 bridgehead atoms. The van der Waals surface area contributed by atoms with E-state index in [4.69, 9.17) is 0 Å². The van der Waals surface area contributed by atoms with Gasteiger partial charge in [-0.3, -0.25) is 0 Å². The smallest absolute Gasteiger partial charge is 0.237 e. The van der Waals surface area contributed by atoms with Gasteiger partial charge >= 0.3 is 0 Å². The van der Waals surface area contributed by atoms with E-state index in [1.165, 1.54) is 0 Å². The number of hydrogen-bond donors (Lipinski definition) is 0. The molecular formula is C9H14F2N2. The number of rotatable bonds is 1. The van der Waals surface area contributed by atoms with E-state index in [9.17, 15) is 8.78 Å². The topological polar surface area (TPSA) is 17.8 Å². The predicted octanol–water partition coefficient (Wildman–Crippen LogP) is 2.48. The summed E-state index contributed by atoms with van der Waals surface area (Å²) in [5.74, 6) is -1.69. The van der Waals surface area contributed by atoms with Gasteiger partial charge in [0.15, 0.2) is 0 Å². The predicted molar refractivity (Wildman–Crippen MR) is 46.5 cm³/mol. The summed E-state index contributed by atoms with van der Waals surface area (Å²) in [6.45, 7) is 7.48. The Morgan fingerprint density at radius 3 is 2.08 bits per heavy atom. The first-order valence-corrected chi connectivity index (χ1v) is 4.30. The Morgan fingerprint density at radius 2 is 1.85 bits per heavy atom. The Balaban J connectivity index is 3.25. The van der Waals surface area contributed by atoms with E-state index in [-0.39, 0.29) is 5.69 Å². The highest BCUT2D eigenvalue weighted by molar-refractivity contribution is 5.14. The average molecular weight is 188 g/mol. The van der Waals surface area contributed by atoms with Crippen LogP contribution in [0, 0.1) is 11.8 Å². The van der Waals surface area contributed by atoms with E-state index in [0.717, 1.165) is 4.68 Å². The van der Waals surface area contributed by atoms with Gasteiger partial charge in [-0.15, -0.1) is 0 Å². The van der Waals surface area contributed by atoms with E-state index < -0.39 is 17.2 Å². The van der Waals surface area contributed by atoms with Gasteiger partial charge in [0.25, 0.3) is 0 Å². The maximum atomic E-state index is 13.2. The summed E-state index contributed by atoms with van der Waals surface area (Å²) in [7, 11) is 0. The molecule has 0 radical (unpaired) electrons. The monoisotopic (exact) mass is 188 g/mol. The summed E-state index contributed by atoms with van der Waals surface area (Å²) in [6, 6.07) is 0. The molecule has 0 saturated carbocycles. The second-order valence-corrected chi connectivity index (χ2v) is 4.02. The highest BCUT2D eigenvalue weighted by Crippen LogP contribution is 2.24. The number of aryl methyl sites for hydroxylation is 1. The van der Waals surface area contributed by atoms with Gasteiger partial charge in [0.2, 0.25) is 11.8 Å². The lowest BCUT2D eigenvalue weighted by Crippen LogP contribution is -2.14. The first-order valence-electron chi connectivity index (χ1n) is 4.30. The first-order chi connectivity index (χ1) is 5.88. The van der Waals surface area contributed by atoms with Crippen LogP contribution in [0.1, 0.15) is 33.4 Å². The van der Waals surface area contributed by atoms with Crippen LogP contribution in [-0.4, -0.2) is 9.78 Å². The third kappa shape index (κ3) is 1.71. The van der Waals surface area contributed by atoms with Crippen LogP contribution in [-0.2, 0) is 12.0 Å². The van der Waals surface area contributed by atoms with Crippen LogP contribution in [0.5, 0.6) is 0 Å². The molecule has 0 aliphatic heterocycles. The molecule has 0 atom stereocenters. The van der Waals surface area contributed by atoms with Crippen LogP contribution in [0.3, 0.4) is 0 Å². The maximum absolute atomic E-state index is 13.2. The fourth-order valence-electron chi connectivity index (χ4n) is 1.11. The lowest BCUT2D eigenvalue weighted by molar-refractivity contribution is 0.426. The zero-order valence-electron chi connectivity index (χ0n) is 8.36. The second-order valence-electron chi connectivity index (χ2n) is 4.02. The molecule has 13 heavy (non-hydrogen) atoms. The van der Waals surface area contributed by atoms with E-state index in [2.05, 4.69) is 5.10 Å². The normalized spacial score (nSPS) is 12.2. The third-order valence-electron chi connectivity index (χ3n) is 1.85. The van der Waals surface area contributed by atoms with Crippen molar-refractivity contribution in [1.29, 1.82) is 0 Å². The van der Waals surface area contributed by atoms with E-state index in [1.807, 2.05) is 0 Å². The van der Waals surface area contributed by atoms with E-state index in [0.29, 0.717) is 6.54 Å². The molecule has 1 heterocycles. The molecule has 0 saturated heterocycles. The van der Waals surface area contributed by atoms with Crippen LogP contribution in [0.4, 0.5) is 8.78 Å². The summed E-state index contributed by atoms with van der Waals surface area (Å²) in [4.78, 5) is 0. The van der Waals surface area contributed by atoms with E-state index in [1.54, 1.807) is 27.7 Å². The van der Waals surface area contributed by atoms with Crippen molar-refractivity contribution in [3.63, 3.8) is 0 Å². The van der Waals surface area contributed by atoms with E-state index >= 15 is 0 Å². The quantitative estimate of drug-likeness (QED) is 0.662.